The summed E-state index contributed by atoms with van der Waals surface area (Å²) in [4.78, 5) is 0. The van der Waals surface area contributed by atoms with Gasteiger partial charge in [0.2, 0.25) is 5.28 Å². The van der Waals surface area contributed by atoms with Crippen molar-refractivity contribution in [2.75, 3.05) is 7.11 Å². The van der Waals surface area contributed by atoms with Crippen molar-refractivity contribution in [3.05, 3.63) is 35.6 Å². The molecule has 1 aliphatic carbocycles. The molecule has 1 saturated carbocycles. The van der Waals surface area contributed by atoms with Crippen LogP contribution in [0.15, 0.2) is 30.3 Å². The number of ether oxygens (including phenoxy) is 1. The molecule has 4 nitrogen and oxygen atoms in total. The van der Waals surface area contributed by atoms with Crippen molar-refractivity contribution in [3.8, 4) is 11.4 Å². The van der Waals surface area contributed by atoms with E-state index in [4.69, 9.17) is 16.3 Å². The number of aromatic nitrogens is 3. The van der Waals surface area contributed by atoms with Crippen molar-refractivity contribution in [1.82, 2.24) is 14.8 Å². The molecule has 0 radical (unpaired) electrons. The van der Waals surface area contributed by atoms with Gasteiger partial charge < -0.3 is 4.74 Å². The maximum atomic E-state index is 6.27. The summed E-state index contributed by atoms with van der Waals surface area (Å²) in [7, 11) is 1.76. The zero-order chi connectivity index (χ0) is 14.3. The van der Waals surface area contributed by atoms with E-state index in [0.717, 1.165) is 17.8 Å². The lowest BCUT2D eigenvalue weighted by Gasteiger charge is -2.51. The highest BCUT2D eigenvalue weighted by Gasteiger charge is 2.51. The number of nitrogens with zero attached hydrogens (tertiary/aromatic N) is 3. The monoisotopic (exact) mass is 291 g/mol. The molecule has 2 atom stereocenters. The van der Waals surface area contributed by atoms with Crippen molar-refractivity contribution in [1.29, 1.82) is 0 Å². The quantitative estimate of drug-likeness (QED) is 0.868. The van der Waals surface area contributed by atoms with Gasteiger partial charge in [0.05, 0.1) is 6.10 Å². The van der Waals surface area contributed by atoms with Crippen molar-refractivity contribution >= 4 is 11.6 Å². The van der Waals surface area contributed by atoms with Crippen LogP contribution in [0.3, 0.4) is 0 Å². The fourth-order valence-corrected chi connectivity index (χ4v) is 3.27. The second-order valence-electron chi connectivity index (χ2n) is 5.83. The van der Waals surface area contributed by atoms with Crippen LogP contribution in [0.2, 0.25) is 5.28 Å². The zero-order valence-corrected chi connectivity index (χ0v) is 12.6. The van der Waals surface area contributed by atoms with E-state index in [0.29, 0.717) is 5.28 Å². The molecule has 1 aromatic carbocycles. The van der Waals surface area contributed by atoms with Crippen LogP contribution in [0.4, 0.5) is 0 Å². The van der Waals surface area contributed by atoms with Gasteiger partial charge in [-0.05, 0) is 18.0 Å². The van der Waals surface area contributed by atoms with Gasteiger partial charge in [0.25, 0.3) is 0 Å². The second-order valence-corrected chi connectivity index (χ2v) is 6.16. The van der Waals surface area contributed by atoms with E-state index in [1.54, 1.807) is 7.11 Å². The van der Waals surface area contributed by atoms with E-state index in [1.165, 1.54) is 0 Å². The van der Waals surface area contributed by atoms with Gasteiger partial charge in [-0.1, -0.05) is 44.2 Å². The van der Waals surface area contributed by atoms with Crippen LogP contribution < -0.4 is 0 Å². The Hall–Kier alpha value is -1.39. The highest BCUT2D eigenvalue weighted by molar-refractivity contribution is 6.28. The fraction of sp³-hybridized carbons (Fsp3) is 0.467. The third-order valence-electron chi connectivity index (χ3n) is 4.41. The first-order chi connectivity index (χ1) is 9.55. The van der Waals surface area contributed by atoms with Gasteiger partial charge in [0.15, 0.2) is 5.82 Å². The molecule has 2 aromatic rings. The minimum atomic E-state index is 0.0182. The van der Waals surface area contributed by atoms with E-state index in [1.807, 2.05) is 34.9 Å². The van der Waals surface area contributed by atoms with Gasteiger partial charge in [0, 0.05) is 24.1 Å². The predicted molar refractivity (Wildman–Crippen MR) is 78.7 cm³/mol. The number of halogens is 1. The van der Waals surface area contributed by atoms with Gasteiger partial charge in [-0.2, -0.15) is 0 Å². The van der Waals surface area contributed by atoms with Gasteiger partial charge in [-0.15, -0.1) is 10.2 Å². The Morgan fingerprint density at radius 3 is 2.55 bits per heavy atom. The molecule has 20 heavy (non-hydrogen) atoms. The highest BCUT2D eigenvalue weighted by atomic mass is 35.5. The summed E-state index contributed by atoms with van der Waals surface area (Å²) in [5, 5.41) is 8.74. The lowest BCUT2D eigenvalue weighted by Crippen LogP contribution is -2.51. The SMILES string of the molecule is COC1CC(n2c(Cl)nnc2-c2ccccc2)C1(C)C. The molecule has 5 heteroatoms. The van der Waals surface area contributed by atoms with Crippen molar-refractivity contribution in [2.45, 2.75) is 32.4 Å². The van der Waals surface area contributed by atoms with Crippen LogP contribution >= 0.6 is 11.6 Å². The van der Waals surface area contributed by atoms with Crippen LogP contribution in [0.1, 0.15) is 26.3 Å². The number of methoxy groups -OCH3 is 1. The first kappa shape index (κ1) is 13.6. The largest absolute Gasteiger partial charge is 0.381 e. The Labute approximate surface area is 123 Å². The molecule has 0 bridgehead atoms. The Bertz CT molecular complexity index is 609. The molecule has 1 fully saturated rings. The van der Waals surface area contributed by atoms with Crippen molar-refractivity contribution in [3.63, 3.8) is 0 Å². The highest BCUT2D eigenvalue weighted by Crippen LogP contribution is 2.52. The molecule has 2 unspecified atom stereocenters. The summed E-state index contributed by atoms with van der Waals surface area (Å²) in [6.45, 7) is 4.39. The summed E-state index contributed by atoms with van der Waals surface area (Å²) >= 11 is 6.27. The summed E-state index contributed by atoms with van der Waals surface area (Å²) in [5.74, 6) is 0.822. The van der Waals surface area contributed by atoms with E-state index < -0.39 is 0 Å². The molecule has 0 amide bonds. The molecule has 1 heterocycles. The van der Waals surface area contributed by atoms with Gasteiger partial charge in [0.1, 0.15) is 0 Å². The minimum Gasteiger partial charge on any atom is -0.381 e. The zero-order valence-electron chi connectivity index (χ0n) is 11.9. The number of hydrogen-bond donors (Lipinski definition) is 0. The summed E-state index contributed by atoms with van der Waals surface area (Å²) in [6, 6.07) is 10.3. The molecule has 0 spiro atoms. The Morgan fingerprint density at radius 2 is 1.95 bits per heavy atom. The van der Waals surface area contributed by atoms with Crippen LogP contribution in [0.25, 0.3) is 11.4 Å². The normalized spacial score (nSPS) is 24.4. The van der Waals surface area contributed by atoms with Gasteiger partial charge in [-0.3, -0.25) is 4.57 Å². The molecular formula is C15H18ClN3O. The molecular weight excluding hydrogens is 274 g/mol. The Morgan fingerprint density at radius 1 is 1.25 bits per heavy atom. The first-order valence-electron chi connectivity index (χ1n) is 6.74. The second kappa shape index (κ2) is 4.86. The maximum absolute atomic E-state index is 6.27. The van der Waals surface area contributed by atoms with Crippen LogP contribution in [-0.4, -0.2) is 28.0 Å². The number of benzene rings is 1. The van der Waals surface area contributed by atoms with E-state index in [-0.39, 0.29) is 17.6 Å². The lowest BCUT2D eigenvalue weighted by molar-refractivity contribution is -0.112. The maximum Gasteiger partial charge on any atom is 0.225 e. The average Bonchev–Trinajstić information content (AvgIpc) is 2.81. The number of rotatable bonds is 3. The van der Waals surface area contributed by atoms with E-state index >= 15 is 0 Å². The lowest BCUT2D eigenvalue weighted by atomic mass is 9.64. The molecule has 0 saturated heterocycles. The van der Waals surface area contributed by atoms with Crippen LogP contribution in [0.5, 0.6) is 0 Å². The smallest absolute Gasteiger partial charge is 0.225 e. The van der Waals surface area contributed by atoms with Crippen LogP contribution in [0, 0.1) is 5.41 Å². The topological polar surface area (TPSA) is 39.9 Å². The third-order valence-corrected chi connectivity index (χ3v) is 4.67. The molecule has 1 aliphatic rings. The first-order valence-corrected chi connectivity index (χ1v) is 7.12. The van der Waals surface area contributed by atoms with E-state index in [9.17, 15) is 0 Å². The summed E-state index contributed by atoms with van der Waals surface area (Å²) in [6.07, 6.45) is 1.18. The van der Waals surface area contributed by atoms with Gasteiger partial charge in [-0.25, -0.2) is 0 Å². The van der Waals surface area contributed by atoms with Crippen molar-refractivity contribution < 1.29 is 4.74 Å². The predicted octanol–water partition coefficient (Wildman–Crippen LogP) is 3.58. The fourth-order valence-electron chi connectivity index (χ4n) is 3.04. The minimum absolute atomic E-state index is 0.0182. The van der Waals surface area contributed by atoms with E-state index in [2.05, 4.69) is 24.0 Å². The Balaban J connectivity index is 2.02. The van der Waals surface area contributed by atoms with Crippen molar-refractivity contribution in [2.24, 2.45) is 5.41 Å². The average molecular weight is 292 g/mol. The molecule has 106 valence electrons. The van der Waals surface area contributed by atoms with Crippen LogP contribution in [-0.2, 0) is 4.74 Å². The Kier molecular flexibility index (Phi) is 3.30. The standard InChI is InChI=1S/C15H18ClN3O/c1-15(2)11(9-12(15)20-3)19-13(17-18-14(19)16)10-7-5-4-6-8-10/h4-8,11-12H,9H2,1-3H3. The molecule has 1 aromatic heterocycles. The van der Waals surface area contributed by atoms with Gasteiger partial charge >= 0.3 is 0 Å². The third kappa shape index (κ3) is 1.95. The molecule has 0 N–H and O–H groups in total. The number of hydrogen-bond acceptors (Lipinski definition) is 3. The molecule has 3 rings (SSSR count). The summed E-state index contributed by atoms with van der Waals surface area (Å²) in [5.41, 5.74) is 1.05. The summed E-state index contributed by atoms with van der Waals surface area (Å²) < 4.78 is 7.55. The molecule has 0 aliphatic heterocycles.